The van der Waals surface area contributed by atoms with E-state index in [0.29, 0.717) is 12.3 Å². The van der Waals surface area contributed by atoms with Crippen LogP contribution in [0.15, 0.2) is 54.4 Å². The smallest absolute Gasteiger partial charge is 0.164 e. The number of hydrogen-bond acceptors (Lipinski definition) is 3. The Hall–Kier alpha value is -2.42. The van der Waals surface area contributed by atoms with E-state index < -0.39 is 0 Å². The second-order valence-electron chi connectivity index (χ2n) is 6.29. The predicted molar refractivity (Wildman–Crippen MR) is 94.0 cm³/mol. The lowest BCUT2D eigenvalue weighted by Crippen LogP contribution is -2.13. The summed E-state index contributed by atoms with van der Waals surface area (Å²) in [5.41, 5.74) is 9.99. The Morgan fingerprint density at radius 2 is 2.04 bits per heavy atom. The van der Waals surface area contributed by atoms with E-state index in [1.165, 1.54) is 11.1 Å². The van der Waals surface area contributed by atoms with Crippen molar-refractivity contribution in [3.8, 4) is 0 Å². The predicted octanol–water partition coefficient (Wildman–Crippen LogP) is 4.51. The molecule has 3 nitrogen and oxygen atoms in total. The van der Waals surface area contributed by atoms with Crippen LogP contribution >= 0.6 is 0 Å². The summed E-state index contributed by atoms with van der Waals surface area (Å²) >= 11 is 0. The molecule has 0 saturated heterocycles. The number of aromatic nitrogens is 1. The Labute approximate surface area is 137 Å². The number of nitrogens with two attached hydrogens (primary N) is 1. The molecule has 1 saturated carbocycles. The molecule has 0 spiro atoms. The van der Waals surface area contributed by atoms with Crippen molar-refractivity contribution in [3.05, 3.63) is 65.5 Å². The van der Waals surface area contributed by atoms with Gasteiger partial charge in [0, 0.05) is 30.1 Å². The van der Waals surface area contributed by atoms with Crippen LogP contribution in [-0.4, -0.2) is 10.8 Å². The molecule has 1 aromatic heterocycles. The Morgan fingerprint density at radius 3 is 2.74 bits per heavy atom. The monoisotopic (exact) mass is 306 g/mol. The largest absolute Gasteiger partial charge is 0.399 e. The molecule has 0 aliphatic heterocycles. The summed E-state index contributed by atoms with van der Waals surface area (Å²) in [7, 11) is 0. The summed E-state index contributed by atoms with van der Waals surface area (Å²) in [5, 5.41) is 0. The van der Waals surface area contributed by atoms with E-state index in [1.807, 2.05) is 30.3 Å². The molecule has 0 unspecified atom stereocenters. The van der Waals surface area contributed by atoms with E-state index >= 15 is 0 Å². The normalized spacial score (nSPS) is 17.7. The Bertz CT molecular complexity index is 697. The molecule has 0 amide bonds. The average molecular weight is 306 g/mol. The van der Waals surface area contributed by atoms with Gasteiger partial charge in [-0.3, -0.25) is 9.78 Å². The van der Waals surface area contributed by atoms with Crippen LogP contribution in [0, 0.1) is 5.92 Å². The van der Waals surface area contributed by atoms with Crippen LogP contribution in [0.2, 0.25) is 0 Å². The molecule has 3 rings (SSSR count). The number of carbonyl (C=O) groups excluding carboxylic acids is 1. The minimum Gasteiger partial charge on any atom is -0.399 e. The topological polar surface area (TPSA) is 56.0 Å². The van der Waals surface area contributed by atoms with Crippen molar-refractivity contribution >= 4 is 17.5 Å². The molecular weight excluding hydrogens is 284 g/mol. The first kappa shape index (κ1) is 15.5. The SMILES string of the molecule is Nc1cccc(C=C2CCC(CC(=O)c3cccnc3)CC2)c1. The maximum Gasteiger partial charge on any atom is 0.164 e. The van der Waals surface area contributed by atoms with Gasteiger partial charge >= 0.3 is 0 Å². The molecule has 3 heteroatoms. The van der Waals surface area contributed by atoms with E-state index in [9.17, 15) is 4.79 Å². The highest BCUT2D eigenvalue weighted by Crippen LogP contribution is 2.32. The lowest BCUT2D eigenvalue weighted by atomic mass is 9.82. The summed E-state index contributed by atoms with van der Waals surface area (Å²) in [6, 6.07) is 11.7. The van der Waals surface area contributed by atoms with Crippen molar-refractivity contribution in [2.75, 3.05) is 5.73 Å². The second-order valence-corrected chi connectivity index (χ2v) is 6.29. The highest BCUT2D eigenvalue weighted by atomic mass is 16.1. The van der Waals surface area contributed by atoms with Gasteiger partial charge in [0.05, 0.1) is 0 Å². The number of hydrogen-bond donors (Lipinski definition) is 1. The third-order valence-corrected chi connectivity index (χ3v) is 4.49. The highest BCUT2D eigenvalue weighted by molar-refractivity contribution is 5.95. The van der Waals surface area contributed by atoms with Gasteiger partial charge in [0.2, 0.25) is 0 Å². The van der Waals surface area contributed by atoms with Gasteiger partial charge in [0.25, 0.3) is 0 Å². The first-order valence-electron chi connectivity index (χ1n) is 8.19. The summed E-state index contributed by atoms with van der Waals surface area (Å²) in [6.45, 7) is 0. The lowest BCUT2D eigenvalue weighted by molar-refractivity contribution is 0.0953. The van der Waals surface area contributed by atoms with Gasteiger partial charge in [-0.1, -0.05) is 23.8 Å². The molecule has 1 heterocycles. The first-order valence-corrected chi connectivity index (χ1v) is 8.19. The summed E-state index contributed by atoms with van der Waals surface area (Å²) in [5.74, 6) is 0.701. The van der Waals surface area contributed by atoms with E-state index in [0.717, 1.165) is 36.9 Å². The van der Waals surface area contributed by atoms with Crippen molar-refractivity contribution in [1.29, 1.82) is 0 Å². The minimum atomic E-state index is 0.214. The van der Waals surface area contributed by atoms with Crippen molar-refractivity contribution < 1.29 is 4.79 Å². The Balaban J connectivity index is 1.55. The molecule has 1 aliphatic carbocycles. The number of rotatable bonds is 4. The van der Waals surface area contributed by atoms with Gasteiger partial charge in [-0.15, -0.1) is 0 Å². The van der Waals surface area contributed by atoms with Crippen LogP contribution < -0.4 is 5.73 Å². The van der Waals surface area contributed by atoms with Crippen LogP contribution in [0.1, 0.15) is 48.0 Å². The third-order valence-electron chi connectivity index (χ3n) is 4.49. The van der Waals surface area contributed by atoms with Crippen molar-refractivity contribution in [2.45, 2.75) is 32.1 Å². The van der Waals surface area contributed by atoms with Crippen LogP contribution in [0.25, 0.3) is 6.08 Å². The lowest BCUT2D eigenvalue weighted by Gasteiger charge is -2.23. The van der Waals surface area contributed by atoms with Gasteiger partial charge in [-0.2, -0.15) is 0 Å². The molecule has 1 aliphatic rings. The zero-order valence-corrected chi connectivity index (χ0v) is 13.2. The fourth-order valence-corrected chi connectivity index (χ4v) is 3.19. The number of carbonyl (C=O) groups is 1. The van der Waals surface area contributed by atoms with Gasteiger partial charge in [0.1, 0.15) is 0 Å². The number of nitrogens with zero attached hydrogens (tertiary/aromatic N) is 1. The molecule has 0 atom stereocenters. The molecule has 2 aromatic rings. The van der Waals surface area contributed by atoms with E-state index in [2.05, 4.69) is 17.1 Å². The van der Waals surface area contributed by atoms with Gasteiger partial charge in [-0.05, 0) is 61.4 Å². The number of anilines is 1. The average Bonchev–Trinajstić information content (AvgIpc) is 2.57. The van der Waals surface area contributed by atoms with Crippen LogP contribution in [0.4, 0.5) is 5.69 Å². The minimum absolute atomic E-state index is 0.214. The highest BCUT2D eigenvalue weighted by Gasteiger charge is 2.20. The molecule has 0 radical (unpaired) electrons. The van der Waals surface area contributed by atoms with E-state index in [4.69, 9.17) is 5.73 Å². The number of pyridine rings is 1. The second kappa shape index (κ2) is 7.23. The molecule has 23 heavy (non-hydrogen) atoms. The van der Waals surface area contributed by atoms with Crippen LogP contribution in [0.3, 0.4) is 0 Å². The molecule has 1 aromatic carbocycles. The van der Waals surface area contributed by atoms with Gasteiger partial charge in [-0.25, -0.2) is 0 Å². The zero-order valence-electron chi connectivity index (χ0n) is 13.2. The molecule has 0 bridgehead atoms. The third kappa shape index (κ3) is 4.28. The Morgan fingerprint density at radius 1 is 1.22 bits per heavy atom. The summed E-state index contributed by atoms with van der Waals surface area (Å²) in [4.78, 5) is 16.3. The van der Waals surface area contributed by atoms with E-state index in [1.54, 1.807) is 12.4 Å². The van der Waals surface area contributed by atoms with Crippen LogP contribution in [0.5, 0.6) is 0 Å². The fourth-order valence-electron chi connectivity index (χ4n) is 3.19. The van der Waals surface area contributed by atoms with Crippen molar-refractivity contribution in [3.63, 3.8) is 0 Å². The standard InChI is InChI=1S/C20H22N2O/c21-19-5-1-3-17(12-19)11-15-6-8-16(9-7-15)13-20(23)18-4-2-10-22-14-18/h1-5,10-12,14,16H,6-9,13,21H2. The maximum atomic E-state index is 12.3. The van der Waals surface area contributed by atoms with Crippen molar-refractivity contribution in [1.82, 2.24) is 4.98 Å². The quantitative estimate of drug-likeness (QED) is 0.668. The first-order chi connectivity index (χ1) is 11.2. The molecule has 1 fully saturated rings. The number of benzene rings is 1. The summed E-state index contributed by atoms with van der Waals surface area (Å²) in [6.07, 6.45) is 10.5. The van der Waals surface area contributed by atoms with Crippen molar-refractivity contribution in [2.24, 2.45) is 5.92 Å². The Kier molecular flexibility index (Phi) is 4.86. The number of allylic oxidation sites excluding steroid dienone is 1. The number of ketones is 1. The number of Topliss-reactive ketones (excluding diaryl/α,β-unsaturated/α-hetero) is 1. The summed E-state index contributed by atoms with van der Waals surface area (Å²) < 4.78 is 0. The number of nitrogen functional groups attached to an aromatic ring is 1. The molecule has 2 N–H and O–H groups in total. The van der Waals surface area contributed by atoms with Gasteiger partial charge in [0.15, 0.2) is 5.78 Å². The van der Waals surface area contributed by atoms with Gasteiger partial charge < -0.3 is 5.73 Å². The van der Waals surface area contributed by atoms with E-state index in [-0.39, 0.29) is 5.78 Å². The zero-order chi connectivity index (χ0) is 16.1. The molecule has 118 valence electrons. The molecular formula is C20H22N2O. The fraction of sp³-hybridized carbons (Fsp3) is 0.300. The van der Waals surface area contributed by atoms with Crippen LogP contribution in [-0.2, 0) is 0 Å². The maximum absolute atomic E-state index is 12.3.